The quantitative estimate of drug-likeness (QED) is 0.800. The topological polar surface area (TPSA) is 42.4 Å². The zero-order chi connectivity index (χ0) is 13.3. The average Bonchev–Trinajstić information content (AvgIpc) is 2.26. The fourth-order valence-corrected chi connectivity index (χ4v) is 2.73. The Morgan fingerprint density at radius 2 is 2.33 bits per heavy atom. The number of pyridine rings is 1. The van der Waals surface area contributed by atoms with Gasteiger partial charge in [-0.1, -0.05) is 0 Å². The molecule has 2 rings (SSSR count). The summed E-state index contributed by atoms with van der Waals surface area (Å²) in [6.45, 7) is 7.16. The number of ether oxygens (including phenoxy) is 1. The molecule has 5 heteroatoms. The molecule has 0 radical (unpaired) electrons. The molecule has 1 saturated heterocycles. The van der Waals surface area contributed by atoms with Crippen molar-refractivity contribution in [1.82, 2.24) is 9.88 Å². The Kier molecular flexibility index (Phi) is 3.73. The van der Waals surface area contributed by atoms with Gasteiger partial charge >= 0.3 is 0 Å². The Hall–Kier alpha value is -0.940. The second-order valence-corrected chi connectivity index (χ2v) is 6.06. The van der Waals surface area contributed by atoms with Crippen molar-refractivity contribution in [1.29, 1.82) is 0 Å². The van der Waals surface area contributed by atoms with Crippen LogP contribution in [0.15, 0.2) is 22.8 Å². The largest absolute Gasteiger partial charge is 0.369 e. The highest BCUT2D eigenvalue weighted by Gasteiger charge is 2.34. The Balaban J connectivity index is 2.22. The molecular formula is C13H17BrN2O2. The van der Waals surface area contributed by atoms with Crippen LogP contribution in [0.25, 0.3) is 0 Å². The van der Waals surface area contributed by atoms with Crippen LogP contribution in [0.3, 0.4) is 0 Å². The summed E-state index contributed by atoms with van der Waals surface area (Å²) >= 11 is 3.37. The summed E-state index contributed by atoms with van der Waals surface area (Å²) < 4.78 is 6.52. The van der Waals surface area contributed by atoms with Crippen LogP contribution in [0.4, 0.5) is 0 Å². The van der Waals surface area contributed by atoms with Gasteiger partial charge in [-0.2, -0.15) is 0 Å². The van der Waals surface area contributed by atoms with Gasteiger partial charge in [-0.05, 0) is 48.8 Å². The molecule has 98 valence electrons. The minimum atomic E-state index is -0.311. The summed E-state index contributed by atoms with van der Waals surface area (Å²) in [6.07, 6.45) is 1.67. The molecule has 0 aliphatic carbocycles. The number of halogens is 1. The predicted octanol–water partition coefficient (Wildman–Crippen LogP) is 2.48. The summed E-state index contributed by atoms with van der Waals surface area (Å²) in [5.41, 5.74) is 0.150. The van der Waals surface area contributed by atoms with Crippen LogP contribution in [-0.4, -0.2) is 40.6 Å². The van der Waals surface area contributed by atoms with Crippen LogP contribution in [0, 0.1) is 0 Å². The molecular weight excluding hydrogens is 296 g/mol. The number of carbonyl (C=O) groups is 1. The van der Waals surface area contributed by atoms with Gasteiger partial charge in [0, 0.05) is 23.8 Å². The van der Waals surface area contributed by atoms with E-state index in [1.807, 2.05) is 26.8 Å². The van der Waals surface area contributed by atoms with Crippen molar-refractivity contribution in [2.75, 3.05) is 13.1 Å². The van der Waals surface area contributed by atoms with Crippen molar-refractivity contribution in [3.05, 3.63) is 28.5 Å². The summed E-state index contributed by atoms with van der Waals surface area (Å²) in [5.74, 6) is -0.0503. The Morgan fingerprint density at radius 3 is 2.94 bits per heavy atom. The normalized spacial score (nSPS) is 22.9. The zero-order valence-electron chi connectivity index (χ0n) is 10.8. The third kappa shape index (κ3) is 2.90. The number of amides is 1. The monoisotopic (exact) mass is 312 g/mol. The van der Waals surface area contributed by atoms with Crippen molar-refractivity contribution in [3.63, 3.8) is 0 Å². The first-order valence-corrected chi connectivity index (χ1v) is 6.76. The first-order chi connectivity index (χ1) is 8.39. The first kappa shape index (κ1) is 13.5. The van der Waals surface area contributed by atoms with Gasteiger partial charge in [0.1, 0.15) is 5.69 Å². The van der Waals surface area contributed by atoms with Crippen LogP contribution in [-0.2, 0) is 4.74 Å². The lowest BCUT2D eigenvalue weighted by Crippen LogP contribution is -2.54. The second-order valence-electron chi connectivity index (χ2n) is 5.21. The van der Waals surface area contributed by atoms with Gasteiger partial charge in [0.15, 0.2) is 0 Å². The molecule has 0 spiro atoms. The van der Waals surface area contributed by atoms with Crippen LogP contribution >= 0.6 is 15.9 Å². The van der Waals surface area contributed by atoms with Gasteiger partial charge in [0.25, 0.3) is 5.91 Å². The summed E-state index contributed by atoms with van der Waals surface area (Å²) in [5, 5.41) is 0. The molecule has 1 fully saturated rings. The molecule has 18 heavy (non-hydrogen) atoms. The Labute approximate surface area is 115 Å². The maximum Gasteiger partial charge on any atom is 0.273 e. The number of carbonyl (C=O) groups excluding carboxylic acids is 1. The van der Waals surface area contributed by atoms with E-state index in [-0.39, 0.29) is 17.6 Å². The minimum Gasteiger partial charge on any atom is -0.369 e. The number of morpholine rings is 1. The van der Waals surface area contributed by atoms with E-state index < -0.39 is 0 Å². The summed E-state index contributed by atoms with van der Waals surface area (Å²) in [4.78, 5) is 18.4. The van der Waals surface area contributed by atoms with E-state index in [4.69, 9.17) is 4.74 Å². The first-order valence-electron chi connectivity index (χ1n) is 5.97. The number of aromatic nitrogens is 1. The van der Waals surface area contributed by atoms with E-state index in [1.165, 1.54) is 0 Å². The van der Waals surface area contributed by atoms with Crippen LogP contribution in [0.2, 0.25) is 0 Å². The number of rotatable bonds is 1. The molecule has 1 aliphatic heterocycles. The van der Waals surface area contributed by atoms with Crippen molar-refractivity contribution in [2.24, 2.45) is 0 Å². The lowest BCUT2D eigenvalue weighted by molar-refractivity contribution is -0.119. The van der Waals surface area contributed by atoms with Crippen molar-refractivity contribution in [3.8, 4) is 0 Å². The van der Waals surface area contributed by atoms with E-state index in [2.05, 4.69) is 20.9 Å². The number of nitrogens with zero attached hydrogens (tertiary/aromatic N) is 2. The fraction of sp³-hybridized carbons (Fsp3) is 0.538. The van der Waals surface area contributed by atoms with E-state index in [0.717, 1.165) is 4.47 Å². The second kappa shape index (κ2) is 4.97. The lowest BCUT2D eigenvalue weighted by Gasteiger charge is -2.41. The van der Waals surface area contributed by atoms with Gasteiger partial charge in [-0.25, -0.2) is 4.98 Å². The van der Waals surface area contributed by atoms with Gasteiger partial charge in [-0.15, -0.1) is 0 Å². The van der Waals surface area contributed by atoms with E-state index in [0.29, 0.717) is 18.8 Å². The molecule has 1 amide bonds. The molecule has 0 bridgehead atoms. The van der Waals surface area contributed by atoms with E-state index >= 15 is 0 Å². The van der Waals surface area contributed by atoms with Crippen molar-refractivity contribution in [2.45, 2.75) is 32.5 Å². The van der Waals surface area contributed by atoms with E-state index in [9.17, 15) is 4.79 Å². The smallest absolute Gasteiger partial charge is 0.273 e. The number of hydrogen-bond donors (Lipinski definition) is 0. The van der Waals surface area contributed by atoms with Crippen LogP contribution < -0.4 is 0 Å². The maximum atomic E-state index is 12.4. The third-order valence-electron chi connectivity index (χ3n) is 2.82. The highest BCUT2D eigenvalue weighted by molar-refractivity contribution is 9.10. The molecule has 1 unspecified atom stereocenters. The zero-order valence-corrected chi connectivity index (χ0v) is 12.4. The van der Waals surface area contributed by atoms with Gasteiger partial charge < -0.3 is 9.64 Å². The van der Waals surface area contributed by atoms with Gasteiger partial charge in [0.05, 0.1) is 11.7 Å². The molecule has 1 aliphatic rings. The average molecular weight is 313 g/mol. The molecule has 1 aromatic heterocycles. The molecule has 0 aromatic carbocycles. The Bertz CT molecular complexity index is 462. The van der Waals surface area contributed by atoms with Gasteiger partial charge in [-0.3, -0.25) is 4.79 Å². The SMILES string of the molecule is CC1CN(C(=O)c2ncccc2Br)CC(C)(C)O1. The highest BCUT2D eigenvalue weighted by Crippen LogP contribution is 2.23. The number of hydrogen-bond acceptors (Lipinski definition) is 3. The maximum absolute atomic E-state index is 12.4. The lowest BCUT2D eigenvalue weighted by atomic mass is 10.1. The standard InChI is InChI=1S/C13H17BrN2O2/c1-9-7-16(8-13(2,3)18-9)12(17)11-10(14)5-4-6-15-11/h4-6,9H,7-8H2,1-3H3. The highest BCUT2D eigenvalue weighted by atomic mass is 79.9. The van der Waals surface area contributed by atoms with Crippen molar-refractivity contribution < 1.29 is 9.53 Å². The molecule has 1 atom stereocenters. The molecule has 2 heterocycles. The molecule has 0 N–H and O–H groups in total. The third-order valence-corrected chi connectivity index (χ3v) is 3.46. The summed E-state index contributed by atoms with van der Waals surface area (Å²) in [6, 6.07) is 3.63. The molecule has 4 nitrogen and oxygen atoms in total. The van der Waals surface area contributed by atoms with Gasteiger partial charge in [0.2, 0.25) is 0 Å². The summed E-state index contributed by atoms with van der Waals surface area (Å²) in [7, 11) is 0. The predicted molar refractivity (Wildman–Crippen MR) is 72.5 cm³/mol. The fourth-order valence-electron chi connectivity index (χ4n) is 2.30. The van der Waals surface area contributed by atoms with Crippen LogP contribution in [0.5, 0.6) is 0 Å². The van der Waals surface area contributed by atoms with E-state index in [1.54, 1.807) is 17.2 Å². The molecule has 0 saturated carbocycles. The molecule has 1 aromatic rings. The minimum absolute atomic E-state index is 0.0418. The van der Waals surface area contributed by atoms with Crippen LogP contribution in [0.1, 0.15) is 31.3 Å². The Morgan fingerprint density at radius 1 is 1.61 bits per heavy atom. The van der Waals surface area contributed by atoms with Crippen molar-refractivity contribution >= 4 is 21.8 Å².